The predicted octanol–water partition coefficient (Wildman–Crippen LogP) is 4.22. The Balaban J connectivity index is 2.68. The number of hydrogen-bond donors (Lipinski definition) is 0. The average molecular weight is 276 g/mol. The van der Waals surface area contributed by atoms with E-state index in [-0.39, 0.29) is 17.7 Å². The van der Waals surface area contributed by atoms with Crippen LogP contribution < -0.4 is 4.74 Å². The standard InChI is InChI=1S/C17H24O3/c1-6-13(2)19-16(18)11-10-14-8-7-9-15(12-14)20-17(3,4)5/h7-13H,6H2,1-5H3. The Morgan fingerprint density at radius 1 is 1.35 bits per heavy atom. The molecule has 0 amide bonds. The van der Waals surface area contributed by atoms with Gasteiger partial charge in [0.1, 0.15) is 11.4 Å². The van der Waals surface area contributed by atoms with E-state index < -0.39 is 0 Å². The highest BCUT2D eigenvalue weighted by molar-refractivity contribution is 5.87. The maximum absolute atomic E-state index is 11.6. The van der Waals surface area contributed by atoms with Gasteiger partial charge in [0.05, 0.1) is 6.10 Å². The molecule has 0 spiro atoms. The Bertz CT molecular complexity index is 469. The maximum Gasteiger partial charge on any atom is 0.331 e. The predicted molar refractivity (Wildman–Crippen MR) is 81.7 cm³/mol. The molecule has 0 aliphatic carbocycles. The van der Waals surface area contributed by atoms with E-state index in [9.17, 15) is 4.79 Å². The van der Waals surface area contributed by atoms with Crippen molar-refractivity contribution in [2.45, 2.75) is 52.7 Å². The summed E-state index contributed by atoms with van der Waals surface area (Å²) >= 11 is 0. The van der Waals surface area contributed by atoms with E-state index in [1.807, 2.05) is 58.9 Å². The Hall–Kier alpha value is -1.77. The first kappa shape index (κ1) is 16.3. The number of ether oxygens (including phenoxy) is 2. The molecule has 0 aliphatic heterocycles. The molecule has 1 rings (SSSR count). The highest BCUT2D eigenvalue weighted by Crippen LogP contribution is 2.20. The molecule has 3 nitrogen and oxygen atoms in total. The lowest BCUT2D eigenvalue weighted by molar-refractivity contribution is -0.142. The molecule has 0 bridgehead atoms. The second-order valence-corrected chi connectivity index (χ2v) is 5.78. The highest BCUT2D eigenvalue weighted by atomic mass is 16.5. The number of carbonyl (C=O) groups is 1. The van der Waals surface area contributed by atoms with E-state index in [0.717, 1.165) is 17.7 Å². The Morgan fingerprint density at radius 3 is 2.65 bits per heavy atom. The summed E-state index contributed by atoms with van der Waals surface area (Å²) in [4.78, 5) is 11.6. The number of benzene rings is 1. The summed E-state index contributed by atoms with van der Waals surface area (Å²) in [5, 5.41) is 0. The van der Waals surface area contributed by atoms with Crippen LogP contribution in [0.15, 0.2) is 30.3 Å². The molecular weight excluding hydrogens is 252 g/mol. The van der Waals surface area contributed by atoms with Crippen molar-refractivity contribution < 1.29 is 14.3 Å². The van der Waals surface area contributed by atoms with Gasteiger partial charge in [-0.3, -0.25) is 0 Å². The lowest BCUT2D eigenvalue weighted by atomic mass is 10.1. The first-order valence-electron chi connectivity index (χ1n) is 6.98. The molecule has 0 fully saturated rings. The molecule has 20 heavy (non-hydrogen) atoms. The van der Waals surface area contributed by atoms with Gasteiger partial charge in [-0.15, -0.1) is 0 Å². The molecule has 1 aromatic rings. The fourth-order valence-electron chi connectivity index (χ4n) is 1.52. The molecule has 0 radical (unpaired) electrons. The van der Waals surface area contributed by atoms with Crippen molar-refractivity contribution in [3.63, 3.8) is 0 Å². The number of carbonyl (C=O) groups excluding carboxylic acids is 1. The first-order chi connectivity index (χ1) is 9.30. The van der Waals surface area contributed by atoms with Crippen molar-refractivity contribution in [2.24, 2.45) is 0 Å². The van der Waals surface area contributed by atoms with E-state index in [2.05, 4.69) is 0 Å². The van der Waals surface area contributed by atoms with Crippen molar-refractivity contribution >= 4 is 12.0 Å². The Labute approximate surface area is 121 Å². The third-order valence-electron chi connectivity index (χ3n) is 2.59. The van der Waals surface area contributed by atoms with Crippen molar-refractivity contribution in [2.75, 3.05) is 0 Å². The number of hydrogen-bond acceptors (Lipinski definition) is 3. The molecule has 1 aromatic carbocycles. The van der Waals surface area contributed by atoms with E-state index in [1.165, 1.54) is 6.08 Å². The summed E-state index contributed by atoms with van der Waals surface area (Å²) in [7, 11) is 0. The maximum atomic E-state index is 11.6. The molecule has 0 saturated carbocycles. The van der Waals surface area contributed by atoms with Crippen LogP contribution in [0.2, 0.25) is 0 Å². The molecule has 3 heteroatoms. The lowest BCUT2D eigenvalue weighted by Crippen LogP contribution is -2.22. The molecular formula is C17H24O3. The molecule has 0 saturated heterocycles. The minimum Gasteiger partial charge on any atom is -0.488 e. The van der Waals surface area contributed by atoms with Crippen molar-refractivity contribution in [3.8, 4) is 5.75 Å². The Morgan fingerprint density at radius 2 is 2.05 bits per heavy atom. The quantitative estimate of drug-likeness (QED) is 0.596. The van der Waals surface area contributed by atoms with Gasteiger partial charge in [-0.25, -0.2) is 4.79 Å². The zero-order valence-electron chi connectivity index (χ0n) is 13.0. The average Bonchev–Trinajstić information content (AvgIpc) is 2.34. The third kappa shape index (κ3) is 6.41. The fourth-order valence-corrected chi connectivity index (χ4v) is 1.52. The van der Waals surface area contributed by atoms with Crippen LogP contribution in [0.4, 0.5) is 0 Å². The van der Waals surface area contributed by atoms with Crippen LogP contribution in [0.1, 0.15) is 46.6 Å². The van der Waals surface area contributed by atoms with E-state index >= 15 is 0 Å². The van der Waals surface area contributed by atoms with E-state index in [4.69, 9.17) is 9.47 Å². The zero-order chi connectivity index (χ0) is 15.2. The number of esters is 1. The third-order valence-corrected chi connectivity index (χ3v) is 2.59. The SMILES string of the molecule is CCC(C)OC(=O)C=Cc1cccc(OC(C)(C)C)c1. The second-order valence-electron chi connectivity index (χ2n) is 5.78. The topological polar surface area (TPSA) is 35.5 Å². The van der Waals surface area contributed by atoms with Gasteiger partial charge in [0.25, 0.3) is 0 Å². The van der Waals surface area contributed by atoms with Gasteiger partial charge in [-0.2, -0.15) is 0 Å². The minimum absolute atomic E-state index is 0.0530. The number of rotatable bonds is 5. The van der Waals surface area contributed by atoms with Crippen molar-refractivity contribution in [1.29, 1.82) is 0 Å². The van der Waals surface area contributed by atoms with Gasteiger partial charge >= 0.3 is 5.97 Å². The summed E-state index contributed by atoms with van der Waals surface area (Å²) < 4.78 is 11.0. The van der Waals surface area contributed by atoms with E-state index in [0.29, 0.717) is 0 Å². The molecule has 0 aromatic heterocycles. The van der Waals surface area contributed by atoms with Crippen LogP contribution in [0.5, 0.6) is 5.75 Å². The molecule has 1 atom stereocenters. The second kappa shape index (κ2) is 7.13. The first-order valence-corrected chi connectivity index (χ1v) is 6.98. The van der Waals surface area contributed by atoms with Crippen LogP contribution in [0, 0.1) is 0 Å². The van der Waals surface area contributed by atoms with Gasteiger partial charge in [0.15, 0.2) is 0 Å². The summed E-state index contributed by atoms with van der Waals surface area (Å²) in [6, 6.07) is 7.63. The smallest absolute Gasteiger partial charge is 0.331 e. The van der Waals surface area contributed by atoms with Crippen molar-refractivity contribution in [3.05, 3.63) is 35.9 Å². The van der Waals surface area contributed by atoms with E-state index in [1.54, 1.807) is 6.08 Å². The van der Waals surface area contributed by atoms with Crippen molar-refractivity contribution in [1.82, 2.24) is 0 Å². The monoisotopic (exact) mass is 276 g/mol. The summed E-state index contributed by atoms with van der Waals surface area (Å²) in [5.74, 6) is 0.469. The molecule has 0 N–H and O–H groups in total. The summed E-state index contributed by atoms with van der Waals surface area (Å²) in [6.45, 7) is 9.86. The summed E-state index contributed by atoms with van der Waals surface area (Å²) in [5.41, 5.74) is 0.672. The molecule has 0 aliphatic rings. The van der Waals surface area contributed by atoms with Crippen LogP contribution in [0.25, 0.3) is 6.08 Å². The molecule has 1 unspecified atom stereocenters. The lowest BCUT2D eigenvalue weighted by Gasteiger charge is -2.21. The van der Waals surface area contributed by atoms with Gasteiger partial charge < -0.3 is 9.47 Å². The van der Waals surface area contributed by atoms with Crippen LogP contribution >= 0.6 is 0 Å². The minimum atomic E-state index is -0.318. The van der Waals surface area contributed by atoms with Gasteiger partial charge in [-0.05, 0) is 57.9 Å². The Kier molecular flexibility index (Phi) is 5.81. The van der Waals surface area contributed by atoms with Gasteiger partial charge in [0, 0.05) is 6.08 Å². The summed E-state index contributed by atoms with van der Waals surface area (Å²) in [6.07, 6.45) is 3.94. The normalized spacial score (nSPS) is 13.2. The largest absolute Gasteiger partial charge is 0.488 e. The van der Waals surface area contributed by atoms with Gasteiger partial charge in [-0.1, -0.05) is 19.1 Å². The van der Waals surface area contributed by atoms with Crippen LogP contribution in [-0.2, 0) is 9.53 Å². The van der Waals surface area contributed by atoms with Crippen LogP contribution in [0.3, 0.4) is 0 Å². The van der Waals surface area contributed by atoms with Crippen LogP contribution in [-0.4, -0.2) is 17.7 Å². The van der Waals surface area contributed by atoms with Gasteiger partial charge in [0.2, 0.25) is 0 Å². The zero-order valence-corrected chi connectivity index (χ0v) is 13.0. The molecule has 0 heterocycles. The highest BCUT2D eigenvalue weighted by Gasteiger charge is 2.11. The fraction of sp³-hybridized carbons (Fsp3) is 0.471. The molecule has 110 valence electrons.